The maximum Gasteiger partial charge on any atom is 0.244 e. The fourth-order valence-corrected chi connectivity index (χ4v) is 4.30. The first-order valence-corrected chi connectivity index (χ1v) is 9.56. The van der Waals surface area contributed by atoms with Gasteiger partial charge in [-0.05, 0) is 37.0 Å². The van der Waals surface area contributed by atoms with Crippen LogP contribution in [0.3, 0.4) is 0 Å². The normalized spacial score (nSPS) is 17.0. The van der Waals surface area contributed by atoms with Crippen LogP contribution < -0.4 is 11.1 Å². The van der Waals surface area contributed by atoms with Gasteiger partial charge in [0, 0.05) is 18.5 Å². The molecule has 3 N–H and O–H groups in total. The summed E-state index contributed by atoms with van der Waals surface area (Å²) >= 11 is 1.54. The van der Waals surface area contributed by atoms with Crippen LogP contribution in [0, 0.1) is 5.92 Å². The van der Waals surface area contributed by atoms with Gasteiger partial charge in [0.25, 0.3) is 0 Å². The van der Waals surface area contributed by atoms with Crippen molar-refractivity contribution in [3.05, 3.63) is 35.3 Å². The minimum atomic E-state index is -0.369. The molecular formula is C19H23N3O2S. The third-order valence-electron chi connectivity index (χ3n) is 4.66. The molecule has 3 rings (SSSR count). The SMILES string of the molecule is NC(=O)CC(NC(=O)/C=C/c1nc2ccccc2s1)C1CCCCC1. The number of aromatic nitrogens is 1. The number of primary amides is 1. The second-order valence-electron chi connectivity index (χ2n) is 6.54. The third-order valence-corrected chi connectivity index (χ3v) is 5.66. The van der Waals surface area contributed by atoms with Gasteiger partial charge in [0.05, 0.1) is 10.2 Å². The highest BCUT2D eigenvalue weighted by atomic mass is 32.1. The second kappa shape index (κ2) is 8.25. The molecular weight excluding hydrogens is 334 g/mol. The Morgan fingerprint density at radius 2 is 2.04 bits per heavy atom. The topological polar surface area (TPSA) is 85.1 Å². The van der Waals surface area contributed by atoms with Gasteiger partial charge in [-0.1, -0.05) is 31.4 Å². The number of nitrogens with zero attached hydrogens (tertiary/aromatic N) is 1. The van der Waals surface area contributed by atoms with E-state index in [1.807, 2.05) is 24.3 Å². The van der Waals surface area contributed by atoms with Gasteiger partial charge in [-0.25, -0.2) is 4.98 Å². The Morgan fingerprint density at radius 3 is 2.76 bits per heavy atom. The molecule has 1 heterocycles. The van der Waals surface area contributed by atoms with E-state index in [1.165, 1.54) is 12.5 Å². The zero-order valence-electron chi connectivity index (χ0n) is 14.1. The van der Waals surface area contributed by atoms with Crippen molar-refractivity contribution in [1.82, 2.24) is 10.3 Å². The summed E-state index contributed by atoms with van der Waals surface area (Å²) in [7, 11) is 0. The first kappa shape index (κ1) is 17.6. The number of para-hydroxylation sites is 1. The van der Waals surface area contributed by atoms with Gasteiger partial charge in [-0.3, -0.25) is 9.59 Å². The van der Waals surface area contributed by atoms with Crippen molar-refractivity contribution in [2.24, 2.45) is 11.7 Å². The molecule has 1 aliphatic rings. The van der Waals surface area contributed by atoms with E-state index < -0.39 is 0 Å². The zero-order valence-corrected chi connectivity index (χ0v) is 14.9. The molecule has 6 heteroatoms. The third kappa shape index (κ3) is 4.89. The number of carbonyl (C=O) groups excluding carboxylic acids is 2. The van der Waals surface area contributed by atoms with Gasteiger partial charge >= 0.3 is 0 Å². The summed E-state index contributed by atoms with van der Waals surface area (Å²) in [4.78, 5) is 28.1. The van der Waals surface area contributed by atoms with Crippen LogP contribution in [-0.4, -0.2) is 22.8 Å². The molecule has 1 saturated carbocycles. The first-order chi connectivity index (χ1) is 12.1. The number of hydrogen-bond donors (Lipinski definition) is 2. The van der Waals surface area contributed by atoms with Crippen molar-refractivity contribution in [3.63, 3.8) is 0 Å². The average molecular weight is 357 g/mol. The van der Waals surface area contributed by atoms with Crippen molar-refractivity contribution < 1.29 is 9.59 Å². The minimum Gasteiger partial charge on any atom is -0.370 e. The van der Waals surface area contributed by atoms with Crippen LogP contribution in [0.25, 0.3) is 16.3 Å². The molecule has 1 fully saturated rings. The number of nitrogens with two attached hydrogens (primary N) is 1. The number of amides is 2. The largest absolute Gasteiger partial charge is 0.370 e. The standard InChI is InChI=1S/C19H23N3O2S/c20-17(23)12-15(13-6-2-1-3-7-13)21-18(24)10-11-19-22-14-8-4-5-9-16(14)25-19/h4-5,8-11,13,15H,1-3,6-7,12H2,(H2,20,23)(H,21,24)/b11-10+. The minimum absolute atomic E-state index is 0.176. The molecule has 2 amide bonds. The molecule has 0 aliphatic heterocycles. The predicted molar refractivity (Wildman–Crippen MR) is 101 cm³/mol. The summed E-state index contributed by atoms with van der Waals surface area (Å²) in [6, 6.07) is 7.71. The Morgan fingerprint density at radius 1 is 1.28 bits per heavy atom. The van der Waals surface area contributed by atoms with E-state index in [2.05, 4.69) is 10.3 Å². The molecule has 1 aromatic heterocycles. The summed E-state index contributed by atoms with van der Waals surface area (Å²) in [5, 5.41) is 3.76. The van der Waals surface area contributed by atoms with Gasteiger partial charge in [0.2, 0.25) is 11.8 Å². The molecule has 1 aliphatic carbocycles. The number of carbonyl (C=O) groups is 2. The zero-order chi connectivity index (χ0) is 17.6. The van der Waals surface area contributed by atoms with Crippen molar-refractivity contribution in [3.8, 4) is 0 Å². The van der Waals surface area contributed by atoms with Crippen molar-refractivity contribution >= 4 is 39.4 Å². The van der Waals surface area contributed by atoms with E-state index in [0.717, 1.165) is 40.9 Å². The lowest BCUT2D eigenvalue weighted by Crippen LogP contribution is -2.42. The molecule has 0 saturated heterocycles. The Kier molecular flexibility index (Phi) is 5.81. The Hall–Kier alpha value is -2.21. The fourth-order valence-electron chi connectivity index (χ4n) is 3.43. The quantitative estimate of drug-likeness (QED) is 0.778. The molecule has 132 valence electrons. The van der Waals surface area contributed by atoms with Crippen LogP contribution in [0.2, 0.25) is 0 Å². The van der Waals surface area contributed by atoms with Crippen LogP contribution in [-0.2, 0) is 9.59 Å². The van der Waals surface area contributed by atoms with Gasteiger partial charge in [-0.15, -0.1) is 11.3 Å². The first-order valence-electron chi connectivity index (χ1n) is 8.74. The van der Waals surface area contributed by atoms with Crippen molar-refractivity contribution in [2.45, 2.75) is 44.6 Å². The van der Waals surface area contributed by atoms with Gasteiger partial charge in [-0.2, -0.15) is 0 Å². The molecule has 0 spiro atoms. The van der Waals surface area contributed by atoms with E-state index >= 15 is 0 Å². The maximum absolute atomic E-state index is 12.3. The van der Waals surface area contributed by atoms with E-state index in [-0.39, 0.29) is 24.3 Å². The highest BCUT2D eigenvalue weighted by Crippen LogP contribution is 2.28. The molecule has 5 nitrogen and oxygen atoms in total. The Bertz CT molecular complexity index is 745. The molecule has 1 unspecified atom stereocenters. The molecule has 2 aromatic rings. The molecule has 0 radical (unpaired) electrons. The van der Waals surface area contributed by atoms with Crippen molar-refractivity contribution in [1.29, 1.82) is 0 Å². The predicted octanol–water partition coefficient (Wildman–Crippen LogP) is 3.25. The lowest BCUT2D eigenvalue weighted by Gasteiger charge is -2.30. The summed E-state index contributed by atoms with van der Waals surface area (Å²) in [6.45, 7) is 0. The average Bonchev–Trinajstić information content (AvgIpc) is 3.03. The molecule has 1 aromatic carbocycles. The molecule has 25 heavy (non-hydrogen) atoms. The second-order valence-corrected chi connectivity index (χ2v) is 7.60. The van der Waals surface area contributed by atoms with Gasteiger partial charge < -0.3 is 11.1 Å². The van der Waals surface area contributed by atoms with Crippen LogP contribution in [0.1, 0.15) is 43.5 Å². The molecule has 0 bridgehead atoms. The Balaban J connectivity index is 1.64. The number of hydrogen-bond acceptors (Lipinski definition) is 4. The monoisotopic (exact) mass is 357 g/mol. The lowest BCUT2D eigenvalue weighted by atomic mass is 9.82. The van der Waals surface area contributed by atoms with E-state index in [1.54, 1.807) is 17.4 Å². The smallest absolute Gasteiger partial charge is 0.244 e. The number of nitrogens with one attached hydrogen (secondary N) is 1. The summed E-state index contributed by atoms with van der Waals surface area (Å²) in [5.74, 6) is -0.233. The number of rotatable bonds is 6. The van der Waals surface area contributed by atoms with Gasteiger partial charge in [0.15, 0.2) is 0 Å². The Labute approximate surface area is 151 Å². The summed E-state index contributed by atoms with van der Waals surface area (Å²) in [5.41, 5.74) is 6.30. The highest BCUT2D eigenvalue weighted by Gasteiger charge is 2.26. The van der Waals surface area contributed by atoms with Crippen LogP contribution in [0.4, 0.5) is 0 Å². The molecule has 1 atom stereocenters. The summed E-state index contributed by atoms with van der Waals surface area (Å²) in [6.07, 6.45) is 9.03. The van der Waals surface area contributed by atoms with E-state index in [9.17, 15) is 9.59 Å². The maximum atomic E-state index is 12.3. The van der Waals surface area contributed by atoms with Crippen molar-refractivity contribution in [2.75, 3.05) is 0 Å². The van der Waals surface area contributed by atoms with Crippen LogP contribution >= 0.6 is 11.3 Å². The van der Waals surface area contributed by atoms with E-state index in [4.69, 9.17) is 5.73 Å². The summed E-state index contributed by atoms with van der Waals surface area (Å²) < 4.78 is 1.09. The number of thiazole rings is 1. The number of fused-ring (bicyclic) bond motifs is 1. The van der Waals surface area contributed by atoms with Crippen LogP contribution in [0.5, 0.6) is 0 Å². The van der Waals surface area contributed by atoms with Crippen LogP contribution in [0.15, 0.2) is 30.3 Å². The van der Waals surface area contributed by atoms with E-state index in [0.29, 0.717) is 5.92 Å². The van der Waals surface area contributed by atoms with Gasteiger partial charge in [0.1, 0.15) is 5.01 Å². The lowest BCUT2D eigenvalue weighted by molar-refractivity contribution is -0.120. The highest BCUT2D eigenvalue weighted by molar-refractivity contribution is 7.19. The number of benzene rings is 1. The fraction of sp³-hybridized carbons (Fsp3) is 0.421.